The molecule has 1 fully saturated rings. The van der Waals surface area contributed by atoms with Crippen LogP contribution in [0.2, 0.25) is 0 Å². The van der Waals surface area contributed by atoms with Crippen LogP contribution < -0.4 is 0 Å². The zero-order chi connectivity index (χ0) is 16.6. The third-order valence-corrected chi connectivity index (χ3v) is 5.44. The van der Waals surface area contributed by atoms with E-state index in [0.29, 0.717) is 6.61 Å². The van der Waals surface area contributed by atoms with Crippen molar-refractivity contribution in [1.82, 2.24) is 4.90 Å². The van der Waals surface area contributed by atoms with Gasteiger partial charge >= 0.3 is 0 Å². The van der Waals surface area contributed by atoms with Crippen LogP contribution in [0.25, 0.3) is 0 Å². The van der Waals surface area contributed by atoms with Crippen molar-refractivity contribution >= 4 is 11.1 Å². The molecule has 0 radical (unpaired) electrons. The van der Waals surface area contributed by atoms with Gasteiger partial charge in [-0.1, -0.05) is 60.7 Å². The summed E-state index contributed by atoms with van der Waals surface area (Å²) in [5.74, 6) is 0. The van der Waals surface area contributed by atoms with E-state index in [0.717, 1.165) is 44.0 Å². The summed E-state index contributed by atoms with van der Waals surface area (Å²) in [4.78, 5) is 2.28. The second-order valence-electron chi connectivity index (χ2n) is 5.74. The normalized spacial score (nSPS) is 17.0. The minimum absolute atomic E-state index is 0.267. The average molecular weight is 345 g/mol. The van der Waals surface area contributed by atoms with Gasteiger partial charge in [0.05, 0.1) is 19.8 Å². The first-order valence-electron chi connectivity index (χ1n) is 8.28. The summed E-state index contributed by atoms with van der Waals surface area (Å²) in [5.41, 5.74) is 2.02. The molecule has 3 rings (SSSR count). The van der Waals surface area contributed by atoms with Crippen LogP contribution in [0.4, 0.5) is 0 Å². The van der Waals surface area contributed by atoms with Crippen LogP contribution in [0.1, 0.15) is 16.4 Å². The molecule has 5 heteroatoms. The number of nitrogens with zero attached hydrogens (tertiary/aromatic N) is 1. The molecule has 1 saturated heterocycles. The second-order valence-corrected chi connectivity index (χ2v) is 6.97. The third-order valence-electron chi connectivity index (χ3n) is 4.11. The number of hydrogen-bond donors (Lipinski definition) is 0. The van der Waals surface area contributed by atoms with E-state index in [2.05, 4.69) is 4.90 Å². The summed E-state index contributed by atoms with van der Waals surface area (Å²) in [6.07, 6.45) is 0. The molecule has 0 amide bonds. The zero-order valence-electron chi connectivity index (χ0n) is 13.7. The zero-order valence-corrected chi connectivity index (χ0v) is 14.5. The van der Waals surface area contributed by atoms with Crippen LogP contribution in [0, 0.1) is 0 Å². The number of morpholine rings is 1. The standard InChI is InChI=1S/C19H23NO3S/c21-24(23-16-13-20-11-14-22-15-12-20)19(17-7-3-1-4-8-17)18-9-5-2-6-10-18/h1-10,19H,11-16H2/t24-/m1/s1. The van der Waals surface area contributed by atoms with Gasteiger partial charge in [0.1, 0.15) is 5.25 Å². The maximum absolute atomic E-state index is 12.8. The minimum Gasteiger partial charge on any atom is -0.379 e. The largest absolute Gasteiger partial charge is 0.379 e. The fraction of sp³-hybridized carbons (Fsp3) is 0.368. The molecule has 2 aromatic carbocycles. The highest BCUT2D eigenvalue weighted by Crippen LogP contribution is 2.28. The van der Waals surface area contributed by atoms with Crippen LogP contribution in [0.3, 0.4) is 0 Å². The number of benzene rings is 2. The highest BCUT2D eigenvalue weighted by Gasteiger charge is 2.22. The van der Waals surface area contributed by atoms with E-state index in [4.69, 9.17) is 8.92 Å². The summed E-state index contributed by atoms with van der Waals surface area (Å²) in [7, 11) is 0. The number of ether oxygens (including phenoxy) is 1. The van der Waals surface area contributed by atoms with Crippen molar-refractivity contribution in [1.29, 1.82) is 0 Å². The Labute approximate surface area is 146 Å². The Kier molecular flexibility index (Phi) is 6.55. The molecule has 1 heterocycles. The SMILES string of the molecule is O=[S@](OCCN1CCOCC1)C(c1ccccc1)c1ccccc1. The molecule has 4 nitrogen and oxygen atoms in total. The highest BCUT2D eigenvalue weighted by molar-refractivity contribution is 7.80. The molecule has 0 aromatic heterocycles. The van der Waals surface area contributed by atoms with Crippen LogP contribution >= 0.6 is 0 Å². The first-order valence-corrected chi connectivity index (χ1v) is 9.42. The van der Waals surface area contributed by atoms with Gasteiger partial charge in [0.2, 0.25) is 0 Å². The van der Waals surface area contributed by atoms with Gasteiger partial charge in [0, 0.05) is 19.6 Å². The van der Waals surface area contributed by atoms with Crippen LogP contribution in [-0.2, 0) is 20.0 Å². The molecular formula is C19H23NO3S. The van der Waals surface area contributed by atoms with Gasteiger partial charge in [-0.25, -0.2) is 4.21 Å². The van der Waals surface area contributed by atoms with Crippen molar-refractivity contribution < 1.29 is 13.1 Å². The molecule has 128 valence electrons. The Morgan fingerprint density at radius 3 is 2.04 bits per heavy atom. The van der Waals surface area contributed by atoms with E-state index < -0.39 is 11.1 Å². The van der Waals surface area contributed by atoms with E-state index >= 15 is 0 Å². The molecule has 24 heavy (non-hydrogen) atoms. The molecule has 2 aromatic rings. The van der Waals surface area contributed by atoms with Gasteiger partial charge in [-0.05, 0) is 11.1 Å². The predicted octanol–water partition coefficient (Wildman–Crippen LogP) is 2.79. The monoisotopic (exact) mass is 345 g/mol. The first kappa shape index (κ1) is 17.3. The van der Waals surface area contributed by atoms with Crippen molar-refractivity contribution in [3.8, 4) is 0 Å². The highest BCUT2D eigenvalue weighted by atomic mass is 32.2. The lowest BCUT2D eigenvalue weighted by molar-refractivity contribution is 0.0330. The molecule has 0 aliphatic carbocycles. The van der Waals surface area contributed by atoms with E-state index in [-0.39, 0.29) is 5.25 Å². The molecule has 0 saturated carbocycles. The lowest BCUT2D eigenvalue weighted by atomic mass is 10.0. The Hall–Kier alpha value is -1.53. The predicted molar refractivity (Wildman–Crippen MR) is 96.1 cm³/mol. The number of hydrogen-bond acceptors (Lipinski definition) is 4. The van der Waals surface area contributed by atoms with Gasteiger partial charge in [-0.3, -0.25) is 9.08 Å². The topological polar surface area (TPSA) is 38.8 Å². The molecule has 1 aliphatic heterocycles. The lowest BCUT2D eigenvalue weighted by Crippen LogP contribution is -2.38. The Bertz CT molecular complexity index is 590. The quantitative estimate of drug-likeness (QED) is 0.773. The fourth-order valence-electron chi connectivity index (χ4n) is 2.81. The second kappa shape index (κ2) is 9.08. The van der Waals surface area contributed by atoms with Crippen molar-refractivity contribution in [3.05, 3.63) is 71.8 Å². The Morgan fingerprint density at radius 1 is 0.958 bits per heavy atom. The average Bonchev–Trinajstić information content (AvgIpc) is 2.65. The maximum Gasteiger partial charge on any atom is 0.167 e. The maximum atomic E-state index is 12.8. The molecule has 0 N–H and O–H groups in total. The molecule has 0 unspecified atom stereocenters. The summed E-state index contributed by atoms with van der Waals surface area (Å²) >= 11 is -1.42. The van der Waals surface area contributed by atoms with Crippen molar-refractivity contribution in [2.24, 2.45) is 0 Å². The fourth-order valence-corrected chi connectivity index (χ4v) is 3.95. The van der Waals surface area contributed by atoms with E-state index in [1.54, 1.807) is 0 Å². The van der Waals surface area contributed by atoms with Gasteiger partial charge in [-0.15, -0.1) is 0 Å². The third kappa shape index (κ3) is 4.74. The molecule has 0 spiro atoms. The summed E-state index contributed by atoms with van der Waals surface area (Å²) in [6, 6.07) is 19.8. The van der Waals surface area contributed by atoms with Gasteiger partial charge < -0.3 is 4.74 Å². The lowest BCUT2D eigenvalue weighted by Gasteiger charge is -2.26. The molecule has 0 bridgehead atoms. The van der Waals surface area contributed by atoms with E-state index in [9.17, 15) is 4.21 Å². The summed E-state index contributed by atoms with van der Waals surface area (Å²) in [6.45, 7) is 4.60. The Morgan fingerprint density at radius 2 is 1.50 bits per heavy atom. The van der Waals surface area contributed by atoms with Crippen LogP contribution in [-0.4, -0.2) is 48.6 Å². The van der Waals surface area contributed by atoms with Gasteiger partial charge in [-0.2, -0.15) is 0 Å². The van der Waals surface area contributed by atoms with E-state index in [1.165, 1.54) is 0 Å². The summed E-state index contributed by atoms with van der Waals surface area (Å²) in [5, 5.41) is -0.267. The van der Waals surface area contributed by atoms with Crippen LogP contribution in [0.5, 0.6) is 0 Å². The summed E-state index contributed by atoms with van der Waals surface area (Å²) < 4.78 is 23.9. The van der Waals surface area contributed by atoms with E-state index in [1.807, 2.05) is 60.7 Å². The smallest absolute Gasteiger partial charge is 0.167 e. The van der Waals surface area contributed by atoms with Crippen molar-refractivity contribution in [3.63, 3.8) is 0 Å². The molecular weight excluding hydrogens is 322 g/mol. The van der Waals surface area contributed by atoms with Crippen LogP contribution in [0.15, 0.2) is 60.7 Å². The Balaban J connectivity index is 1.65. The molecule has 1 atom stereocenters. The van der Waals surface area contributed by atoms with Crippen molar-refractivity contribution in [2.75, 3.05) is 39.5 Å². The first-order chi connectivity index (χ1) is 11.8. The molecule has 1 aliphatic rings. The number of rotatable bonds is 7. The van der Waals surface area contributed by atoms with Gasteiger partial charge in [0.25, 0.3) is 0 Å². The minimum atomic E-state index is -1.42. The van der Waals surface area contributed by atoms with Gasteiger partial charge in [0.15, 0.2) is 11.1 Å². The van der Waals surface area contributed by atoms with Crippen molar-refractivity contribution in [2.45, 2.75) is 5.25 Å².